The van der Waals surface area contributed by atoms with Crippen molar-refractivity contribution in [2.45, 2.75) is 0 Å². The molecule has 12 nitrogen and oxygen atoms in total. The van der Waals surface area contributed by atoms with Crippen LogP contribution < -0.4 is 29.8 Å². The molecule has 0 bridgehead atoms. The summed E-state index contributed by atoms with van der Waals surface area (Å²) < 4.78 is 34.9. The summed E-state index contributed by atoms with van der Waals surface area (Å²) >= 11 is 0. The van der Waals surface area contributed by atoms with Gasteiger partial charge in [-0.2, -0.15) is 0 Å². The van der Waals surface area contributed by atoms with E-state index in [0.717, 1.165) is 26.2 Å². The van der Waals surface area contributed by atoms with Gasteiger partial charge in [-0.25, -0.2) is 0 Å². The van der Waals surface area contributed by atoms with E-state index in [0.29, 0.717) is 93.3 Å². The van der Waals surface area contributed by atoms with Gasteiger partial charge in [-0.05, 0) is 105 Å². The van der Waals surface area contributed by atoms with Gasteiger partial charge in [0.2, 0.25) is 10.9 Å². The molecule has 0 aliphatic heterocycles. The zero-order valence-electron chi connectivity index (χ0n) is 34.3. The molecule has 0 atom stereocenters. The molecule has 320 valence electrons. The molecule has 2 heterocycles. The van der Waals surface area contributed by atoms with Crippen LogP contribution in [0.25, 0.3) is 43.9 Å². The summed E-state index contributed by atoms with van der Waals surface area (Å²) in [4.78, 5) is 33.7. The van der Waals surface area contributed by atoms with Crippen LogP contribution in [-0.2, 0) is 0 Å². The SMILES string of the molecule is CN(C)CCOc1ccc2c(=O)c3ccc(OCCN(C)C)cc3oc2c1.CN(C)CCOc1ccc2c(=O)c3ccc(OCCN(C)C)cc3oc2c1.Cl.Cl.Cl.Cl. The molecular weight excluding hydrogens is 830 g/mol. The van der Waals surface area contributed by atoms with Gasteiger partial charge in [-0.15, -0.1) is 49.6 Å². The van der Waals surface area contributed by atoms with E-state index in [4.69, 9.17) is 27.8 Å². The minimum Gasteiger partial charge on any atom is -0.492 e. The van der Waals surface area contributed by atoms with Crippen molar-refractivity contribution >= 4 is 93.5 Å². The van der Waals surface area contributed by atoms with Gasteiger partial charge in [0, 0.05) is 50.4 Å². The van der Waals surface area contributed by atoms with Crippen molar-refractivity contribution in [3.8, 4) is 23.0 Å². The fraction of sp³-hybridized carbons (Fsp3) is 0.381. The van der Waals surface area contributed by atoms with E-state index in [1.807, 2.05) is 76.0 Å². The van der Waals surface area contributed by atoms with E-state index in [1.165, 1.54) is 0 Å². The quantitative estimate of drug-likeness (QED) is 0.0908. The average Bonchev–Trinajstić information content (AvgIpc) is 3.11. The second-order valence-electron chi connectivity index (χ2n) is 14.1. The van der Waals surface area contributed by atoms with E-state index in [2.05, 4.69) is 0 Å². The average molecular weight is 887 g/mol. The second kappa shape index (κ2) is 24.8. The van der Waals surface area contributed by atoms with Crippen molar-refractivity contribution < 1.29 is 27.8 Å². The van der Waals surface area contributed by atoms with Gasteiger partial charge in [-0.3, -0.25) is 9.59 Å². The first-order chi connectivity index (χ1) is 25.9. The molecule has 4 aromatic carbocycles. The second-order valence-corrected chi connectivity index (χ2v) is 14.1. The maximum Gasteiger partial charge on any atom is 0.200 e. The van der Waals surface area contributed by atoms with Gasteiger partial charge in [0.1, 0.15) is 71.8 Å². The first-order valence-corrected chi connectivity index (χ1v) is 18.0. The molecule has 6 rings (SSSR count). The Balaban J connectivity index is 0.000000543. The van der Waals surface area contributed by atoms with Crippen molar-refractivity contribution in [1.82, 2.24) is 19.6 Å². The minimum atomic E-state index is -0.0501. The summed E-state index contributed by atoms with van der Waals surface area (Å²) in [6, 6.07) is 21.3. The van der Waals surface area contributed by atoms with Crippen LogP contribution in [0.2, 0.25) is 0 Å². The van der Waals surface area contributed by atoms with Crippen molar-refractivity contribution in [2.24, 2.45) is 0 Å². The van der Waals surface area contributed by atoms with E-state index >= 15 is 0 Å². The fourth-order valence-electron chi connectivity index (χ4n) is 5.37. The van der Waals surface area contributed by atoms with E-state index < -0.39 is 0 Å². The summed E-state index contributed by atoms with van der Waals surface area (Å²) in [5.74, 6) is 2.74. The molecule has 0 spiro atoms. The first kappa shape index (κ1) is 52.0. The molecule has 0 saturated carbocycles. The number of nitrogens with zero attached hydrogens (tertiary/aromatic N) is 4. The molecule has 16 heteroatoms. The Hall–Kier alpha value is -3.98. The summed E-state index contributed by atoms with van der Waals surface area (Å²) in [7, 11) is 15.9. The number of hydrogen-bond acceptors (Lipinski definition) is 12. The highest BCUT2D eigenvalue weighted by atomic mass is 35.5. The zero-order valence-corrected chi connectivity index (χ0v) is 37.5. The van der Waals surface area contributed by atoms with Gasteiger partial charge in [0.05, 0.1) is 21.5 Å². The molecule has 0 aliphatic carbocycles. The van der Waals surface area contributed by atoms with Crippen LogP contribution in [0.3, 0.4) is 0 Å². The highest BCUT2D eigenvalue weighted by Gasteiger charge is 2.12. The van der Waals surface area contributed by atoms with E-state index in [-0.39, 0.29) is 60.5 Å². The fourth-order valence-corrected chi connectivity index (χ4v) is 5.37. The van der Waals surface area contributed by atoms with Crippen LogP contribution in [0, 0.1) is 0 Å². The van der Waals surface area contributed by atoms with Crippen molar-refractivity contribution in [3.63, 3.8) is 0 Å². The lowest BCUT2D eigenvalue weighted by atomic mass is 10.1. The van der Waals surface area contributed by atoms with Crippen LogP contribution in [-0.4, -0.2) is 129 Å². The van der Waals surface area contributed by atoms with Gasteiger partial charge in [0.25, 0.3) is 0 Å². The molecule has 0 N–H and O–H groups in total. The normalized spacial score (nSPS) is 10.8. The highest BCUT2D eigenvalue weighted by molar-refractivity contribution is 5.92. The lowest BCUT2D eigenvalue weighted by Crippen LogP contribution is -2.19. The van der Waals surface area contributed by atoms with E-state index in [9.17, 15) is 9.59 Å². The zero-order chi connectivity index (χ0) is 38.8. The first-order valence-electron chi connectivity index (χ1n) is 18.0. The number of likely N-dealkylation sites (N-methyl/N-ethyl adjacent to an activating group) is 4. The largest absolute Gasteiger partial charge is 0.492 e. The third-order valence-electron chi connectivity index (χ3n) is 8.46. The Morgan fingerprint density at radius 3 is 0.776 bits per heavy atom. The standard InChI is InChI=1S/2C21H26N2O4.4ClH/c2*1-22(2)9-11-25-15-5-7-17-19(13-15)27-20-14-16(26-12-10-23(3)4)6-8-18(20)21(17)24;;;;/h2*5-8,13-14H,9-12H2,1-4H3;4*1H. The summed E-state index contributed by atoms with van der Waals surface area (Å²) in [6.45, 7) is 5.53. The van der Waals surface area contributed by atoms with Crippen LogP contribution in [0.4, 0.5) is 0 Å². The summed E-state index contributed by atoms with van der Waals surface area (Å²) in [6.07, 6.45) is 0. The summed E-state index contributed by atoms with van der Waals surface area (Å²) in [5, 5.41) is 2.18. The lowest BCUT2D eigenvalue weighted by Gasteiger charge is -2.12. The van der Waals surface area contributed by atoms with Crippen LogP contribution in [0.1, 0.15) is 0 Å². The molecule has 58 heavy (non-hydrogen) atoms. The number of benzene rings is 4. The number of rotatable bonds is 16. The Labute approximate surface area is 364 Å². The monoisotopic (exact) mass is 884 g/mol. The molecule has 0 amide bonds. The number of hydrogen-bond donors (Lipinski definition) is 0. The van der Waals surface area contributed by atoms with Gasteiger partial charge < -0.3 is 47.4 Å². The summed E-state index contributed by atoms with van der Waals surface area (Å²) in [5.41, 5.74) is 1.96. The molecular formula is C42H56Cl4N4O8. The van der Waals surface area contributed by atoms with Crippen LogP contribution >= 0.6 is 49.6 Å². The lowest BCUT2D eigenvalue weighted by molar-refractivity contribution is 0.261. The van der Waals surface area contributed by atoms with Crippen molar-refractivity contribution in [3.05, 3.63) is 93.2 Å². The minimum absolute atomic E-state index is 0. The Bertz CT molecular complexity index is 1990. The third-order valence-corrected chi connectivity index (χ3v) is 8.46. The molecule has 2 aromatic heterocycles. The topological polar surface area (TPSA) is 110 Å². The van der Waals surface area contributed by atoms with E-state index in [1.54, 1.807) is 72.8 Å². The smallest absolute Gasteiger partial charge is 0.200 e. The maximum atomic E-state index is 12.8. The molecule has 6 aromatic rings. The van der Waals surface area contributed by atoms with Crippen LogP contribution in [0.15, 0.2) is 91.2 Å². The number of halogens is 4. The molecule has 0 aliphatic rings. The van der Waals surface area contributed by atoms with Gasteiger partial charge >= 0.3 is 0 Å². The molecule has 0 saturated heterocycles. The van der Waals surface area contributed by atoms with Gasteiger partial charge in [0.15, 0.2) is 0 Å². The number of fused-ring (bicyclic) bond motifs is 4. The predicted molar refractivity (Wildman–Crippen MR) is 245 cm³/mol. The highest BCUT2D eigenvalue weighted by Crippen LogP contribution is 2.27. The van der Waals surface area contributed by atoms with Crippen LogP contribution in [0.5, 0.6) is 23.0 Å². The third kappa shape index (κ3) is 14.7. The van der Waals surface area contributed by atoms with Crippen molar-refractivity contribution in [2.75, 3.05) is 109 Å². The predicted octanol–water partition coefficient (Wildman–Crippen LogP) is 7.34. The number of ether oxygens (including phenoxy) is 4. The Morgan fingerprint density at radius 2 is 0.586 bits per heavy atom. The molecule has 0 radical (unpaired) electrons. The molecule has 0 unspecified atom stereocenters. The Kier molecular flexibility index (Phi) is 22.3. The van der Waals surface area contributed by atoms with Gasteiger partial charge in [-0.1, -0.05) is 0 Å². The molecule has 0 fully saturated rings. The van der Waals surface area contributed by atoms with Crippen molar-refractivity contribution in [1.29, 1.82) is 0 Å². The maximum absolute atomic E-state index is 12.8. The Morgan fingerprint density at radius 1 is 0.379 bits per heavy atom.